The number of para-hydroxylation sites is 1. The first kappa shape index (κ1) is 20.2. The Morgan fingerprint density at radius 1 is 1.10 bits per heavy atom. The van der Waals surface area contributed by atoms with Crippen LogP contribution >= 0.6 is 0 Å². The monoisotopic (exact) mass is 426 g/mol. The molecular formula is C22H22N2O5S. The summed E-state index contributed by atoms with van der Waals surface area (Å²) in [5, 5.41) is 10.1. The van der Waals surface area contributed by atoms with Crippen LogP contribution in [-0.2, 0) is 10.0 Å². The van der Waals surface area contributed by atoms with E-state index in [2.05, 4.69) is 0 Å². The molecule has 0 bridgehead atoms. The lowest BCUT2D eigenvalue weighted by molar-refractivity contribution is 0.0699. The van der Waals surface area contributed by atoms with E-state index in [1.165, 1.54) is 4.31 Å². The molecule has 2 heterocycles. The molecule has 3 aromatic rings. The molecule has 30 heavy (non-hydrogen) atoms. The summed E-state index contributed by atoms with van der Waals surface area (Å²) >= 11 is 0. The quantitative estimate of drug-likeness (QED) is 0.650. The Bertz CT molecular complexity index is 1240. The van der Waals surface area contributed by atoms with Crippen LogP contribution in [0.5, 0.6) is 5.75 Å². The fraction of sp³-hybridized carbons (Fsp3) is 0.227. The number of aromatic nitrogens is 1. The third-order valence-electron chi connectivity index (χ3n) is 4.95. The first-order valence-corrected chi connectivity index (χ1v) is 11.0. The highest BCUT2D eigenvalue weighted by atomic mass is 32.2. The van der Waals surface area contributed by atoms with Crippen LogP contribution < -0.4 is 4.74 Å². The Hall–Kier alpha value is -3.10. The zero-order valence-corrected chi connectivity index (χ0v) is 17.5. The number of carboxylic acids is 1. The molecule has 0 saturated heterocycles. The molecule has 8 heteroatoms. The SMILES string of the molecule is CC(C)Oc1ccc(S(=O)(=O)N2CC=C(n3cc(C(=O)O)c4ccccc43)C2)cc1. The maximum atomic E-state index is 13.1. The van der Waals surface area contributed by atoms with Crippen LogP contribution in [0.1, 0.15) is 24.2 Å². The molecule has 1 aromatic heterocycles. The number of carboxylic acid groups (broad SMARTS) is 1. The van der Waals surface area contributed by atoms with Crippen molar-refractivity contribution in [3.05, 3.63) is 66.4 Å². The third kappa shape index (κ3) is 3.59. The molecule has 0 unspecified atom stereocenters. The van der Waals surface area contributed by atoms with Gasteiger partial charge in [-0.1, -0.05) is 18.2 Å². The zero-order chi connectivity index (χ0) is 21.5. The van der Waals surface area contributed by atoms with E-state index in [1.807, 2.05) is 32.1 Å². The van der Waals surface area contributed by atoms with E-state index < -0.39 is 16.0 Å². The van der Waals surface area contributed by atoms with Crippen LogP contribution in [0.3, 0.4) is 0 Å². The molecule has 1 aliphatic rings. The van der Waals surface area contributed by atoms with Crippen LogP contribution in [0, 0.1) is 0 Å². The van der Waals surface area contributed by atoms with Crippen molar-refractivity contribution in [1.29, 1.82) is 0 Å². The molecule has 0 aliphatic carbocycles. The van der Waals surface area contributed by atoms with Crippen molar-refractivity contribution < 1.29 is 23.1 Å². The van der Waals surface area contributed by atoms with E-state index in [0.717, 1.165) is 11.2 Å². The lowest BCUT2D eigenvalue weighted by Gasteiger charge is -2.17. The molecule has 7 nitrogen and oxygen atoms in total. The number of sulfonamides is 1. The number of benzene rings is 2. The van der Waals surface area contributed by atoms with E-state index in [-0.39, 0.29) is 29.7 Å². The maximum absolute atomic E-state index is 13.1. The molecule has 156 valence electrons. The number of aromatic carboxylic acids is 1. The second kappa shape index (κ2) is 7.62. The summed E-state index contributed by atoms with van der Waals surface area (Å²) < 4.78 is 34.8. The molecule has 4 rings (SSSR count). The van der Waals surface area contributed by atoms with Gasteiger partial charge in [0.05, 0.1) is 28.6 Å². The number of fused-ring (bicyclic) bond motifs is 1. The molecule has 1 N–H and O–H groups in total. The summed E-state index contributed by atoms with van der Waals surface area (Å²) in [6, 6.07) is 13.6. The van der Waals surface area contributed by atoms with Crippen molar-refractivity contribution in [2.75, 3.05) is 13.1 Å². The summed E-state index contributed by atoms with van der Waals surface area (Å²) in [5.41, 5.74) is 1.64. The fourth-order valence-electron chi connectivity index (χ4n) is 3.57. The lowest BCUT2D eigenvalue weighted by atomic mass is 10.2. The van der Waals surface area contributed by atoms with Crippen molar-refractivity contribution in [3.8, 4) is 5.75 Å². The molecule has 2 aromatic carbocycles. The smallest absolute Gasteiger partial charge is 0.337 e. The minimum absolute atomic E-state index is 0.00452. The zero-order valence-electron chi connectivity index (χ0n) is 16.6. The van der Waals surface area contributed by atoms with Crippen molar-refractivity contribution in [2.45, 2.75) is 24.8 Å². The number of carbonyl (C=O) groups is 1. The number of rotatable bonds is 6. The van der Waals surface area contributed by atoms with Crippen molar-refractivity contribution in [1.82, 2.24) is 8.87 Å². The van der Waals surface area contributed by atoms with Gasteiger partial charge in [-0.15, -0.1) is 0 Å². The van der Waals surface area contributed by atoms with Crippen molar-refractivity contribution in [2.24, 2.45) is 0 Å². The Balaban J connectivity index is 1.60. The van der Waals surface area contributed by atoms with Crippen LogP contribution in [0.15, 0.2) is 65.7 Å². The van der Waals surface area contributed by atoms with Crippen LogP contribution in [0.25, 0.3) is 16.6 Å². The molecule has 0 spiro atoms. The Labute approximate surface area is 174 Å². The number of hydrogen-bond donors (Lipinski definition) is 1. The summed E-state index contributed by atoms with van der Waals surface area (Å²) in [5.74, 6) is -0.402. The van der Waals surface area contributed by atoms with Gasteiger partial charge in [-0.25, -0.2) is 13.2 Å². The maximum Gasteiger partial charge on any atom is 0.337 e. The third-order valence-corrected chi connectivity index (χ3v) is 6.78. The topological polar surface area (TPSA) is 88.8 Å². The average molecular weight is 426 g/mol. The standard InChI is InChI=1S/C22H22N2O5S/c1-15(2)29-17-7-9-18(10-8-17)30(27,28)23-12-11-16(13-23)24-14-20(22(25)26)19-5-3-4-6-21(19)24/h3-11,14-15H,12-13H2,1-2H3,(H,25,26). The second-order valence-corrected chi connectivity index (χ2v) is 9.30. The van der Waals surface area contributed by atoms with E-state index in [4.69, 9.17) is 4.74 Å². The predicted octanol–water partition coefficient (Wildman–Crippen LogP) is 3.67. The molecular weight excluding hydrogens is 404 g/mol. The summed E-state index contributed by atoms with van der Waals surface area (Å²) in [7, 11) is -3.69. The van der Waals surface area contributed by atoms with Crippen LogP contribution in [0.2, 0.25) is 0 Å². The number of hydrogen-bond acceptors (Lipinski definition) is 4. The van der Waals surface area contributed by atoms with Gasteiger partial charge in [0.25, 0.3) is 0 Å². The highest BCUT2D eigenvalue weighted by Crippen LogP contribution is 2.29. The first-order valence-electron chi connectivity index (χ1n) is 9.57. The largest absolute Gasteiger partial charge is 0.491 e. The van der Waals surface area contributed by atoms with E-state index in [9.17, 15) is 18.3 Å². The Morgan fingerprint density at radius 2 is 1.80 bits per heavy atom. The molecule has 0 atom stereocenters. The van der Waals surface area contributed by atoms with Gasteiger partial charge in [0.1, 0.15) is 5.75 Å². The molecule has 0 fully saturated rings. The van der Waals surface area contributed by atoms with Gasteiger partial charge in [-0.2, -0.15) is 4.31 Å². The first-order chi connectivity index (χ1) is 14.3. The fourth-order valence-corrected chi connectivity index (χ4v) is 4.92. The van der Waals surface area contributed by atoms with Crippen molar-refractivity contribution in [3.63, 3.8) is 0 Å². The van der Waals surface area contributed by atoms with Gasteiger partial charge in [0.15, 0.2) is 0 Å². The summed E-state index contributed by atoms with van der Waals surface area (Å²) in [6.45, 7) is 4.19. The number of nitrogens with zero attached hydrogens (tertiary/aromatic N) is 2. The van der Waals surface area contributed by atoms with E-state index >= 15 is 0 Å². The van der Waals surface area contributed by atoms with Crippen molar-refractivity contribution >= 4 is 32.6 Å². The predicted molar refractivity (Wildman–Crippen MR) is 114 cm³/mol. The lowest BCUT2D eigenvalue weighted by Crippen LogP contribution is -2.29. The number of ether oxygens (including phenoxy) is 1. The minimum atomic E-state index is -3.69. The second-order valence-electron chi connectivity index (χ2n) is 7.37. The normalized spacial score (nSPS) is 15.0. The van der Waals surface area contributed by atoms with Gasteiger partial charge in [0.2, 0.25) is 10.0 Å². The highest BCUT2D eigenvalue weighted by molar-refractivity contribution is 7.89. The molecule has 1 aliphatic heterocycles. The van der Waals surface area contributed by atoms with Gasteiger partial charge in [0, 0.05) is 23.8 Å². The van der Waals surface area contributed by atoms with Gasteiger partial charge in [-0.05, 0) is 50.3 Å². The van der Waals surface area contributed by atoms with Gasteiger partial charge in [-0.3, -0.25) is 0 Å². The average Bonchev–Trinajstić information content (AvgIpc) is 3.33. The Morgan fingerprint density at radius 3 is 2.47 bits per heavy atom. The van der Waals surface area contributed by atoms with Gasteiger partial charge < -0.3 is 14.4 Å². The molecule has 0 radical (unpaired) electrons. The molecule has 0 saturated carbocycles. The minimum Gasteiger partial charge on any atom is -0.491 e. The van der Waals surface area contributed by atoms with Crippen LogP contribution in [0.4, 0.5) is 0 Å². The highest BCUT2D eigenvalue weighted by Gasteiger charge is 2.29. The Kier molecular flexibility index (Phi) is 5.13. The van der Waals surface area contributed by atoms with Gasteiger partial charge >= 0.3 is 5.97 Å². The summed E-state index contributed by atoms with van der Waals surface area (Å²) in [6.07, 6.45) is 3.36. The van der Waals surface area contributed by atoms with Crippen LogP contribution in [-0.4, -0.2) is 47.6 Å². The summed E-state index contributed by atoms with van der Waals surface area (Å²) in [4.78, 5) is 11.8. The van der Waals surface area contributed by atoms with E-state index in [0.29, 0.717) is 11.1 Å². The van der Waals surface area contributed by atoms with E-state index in [1.54, 1.807) is 47.2 Å². The molecule has 0 amide bonds.